The highest BCUT2D eigenvalue weighted by atomic mass is 79.9. The summed E-state index contributed by atoms with van der Waals surface area (Å²) in [6, 6.07) is 6.83. The standard InChI is InChI=1S/C13H7BrF2O3/c14-10-6-8(16)2-4-12(10)19-11-3-1-7(15)5-9(11)13(17)18/h1-6H,(H,17,18). The summed E-state index contributed by atoms with van der Waals surface area (Å²) in [4.78, 5) is 11.0. The quantitative estimate of drug-likeness (QED) is 0.917. The molecule has 0 unspecified atom stereocenters. The van der Waals surface area contributed by atoms with Gasteiger partial charge in [0.1, 0.15) is 28.7 Å². The number of halogens is 3. The molecule has 98 valence electrons. The lowest BCUT2D eigenvalue weighted by Gasteiger charge is -2.10. The Morgan fingerprint density at radius 2 is 1.63 bits per heavy atom. The molecule has 0 aliphatic heterocycles. The van der Waals surface area contributed by atoms with Crippen LogP contribution in [0.2, 0.25) is 0 Å². The molecule has 0 heterocycles. The maximum atomic E-state index is 13.0. The van der Waals surface area contributed by atoms with Gasteiger partial charge in [-0.15, -0.1) is 0 Å². The lowest BCUT2D eigenvalue weighted by atomic mass is 10.2. The first kappa shape index (κ1) is 13.5. The van der Waals surface area contributed by atoms with E-state index < -0.39 is 17.6 Å². The van der Waals surface area contributed by atoms with Crippen molar-refractivity contribution in [2.24, 2.45) is 0 Å². The molecule has 0 amide bonds. The Balaban J connectivity index is 2.40. The SMILES string of the molecule is O=C(O)c1cc(F)ccc1Oc1ccc(F)cc1Br. The van der Waals surface area contributed by atoms with Crippen LogP contribution >= 0.6 is 15.9 Å². The smallest absolute Gasteiger partial charge is 0.339 e. The van der Waals surface area contributed by atoms with Gasteiger partial charge in [-0.1, -0.05) is 0 Å². The van der Waals surface area contributed by atoms with Gasteiger partial charge in [0.2, 0.25) is 0 Å². The molecular weight excluding hydrogens is 322 g/mol. The molecule has 0 atom stereocenters. The normalized spacial score (nSPS) is 10.3. The van der Waals surface area contributed by atoms with Crippen molar-refractivity contribution in [2.45, 2.75) is 0 Å². The lowest BCUT2D eigenvalue weighted by molar-refractivity contribution is 0.0693. The van der Waals surface area contributed by atoms with E-state index in [4.69, 9.17) is 9.84 Å². The number of aromatic carboxylic acids is 1. The van der Waals surface area contributed by atoms with Gasteiger partial charge in [0.15, 0.2) is 0 Å². The van der Waals surface area contributed by atoms with E-state index in [0.717, 1.165) is 12.1 Å². The van der Waals surface area contributed by atoms with Gasteiger partial charge >= 0.3 is 5.97 Å². The van der Waals surface area contributed by atoms with Crippen LogP contribution in [-0.4, -0.2) is 11.1 Å². The molecule has 0 radical (unpaired) electrons. The molecule has 0 aromatic heterocycles. The van der Waals surface area contributed by atoms with E-state index in [2.05, 4.69) is 15.9 Å². The Morgan fingerprint density at radius 3 is 2.21 bits per heavy atom. The van der Waals surface area contributed by atoms with E-state index in [1.54, 1.807) is 0 Å². The summed E-state index contributed by atoms with van der Waals surface area (Å²) in [5.41, 5.74) is -0.309. The molecule has 0 aliphatic rings. The van der Waals surface area contributed by atoms with Crippen molar-refractivity contribution in [1.29, 1.82) is 0 Å². The lowest BCUT2D eigenvalue weighted by Crippen LogP contribution is -2.01. The average Bonchev–Trinajstić information content (AvgIpc) is 2.34. The second-order valence-electron chi connectivity index (χ2n) is 3.62. The van der Waals surface area contributed by atoms with Crippen LogP contribution < -0.4 is 4.74 Å². The summed E-state index contributed by atoms with van der Waals surface area (Å²) in [5.74, 6) is -2.25. The van der Waals surface area contributed by atoms with E-state index in [0.29, 0.717) is 4.47 Å². The highest BCUT2D eigenvalue weighted by Gasteiger charge is 2.14. The number of ether oxygens (including phenoxy) is 1. The van der Waals surface area contributed by atoms with E-state index >= 15 is 0 Å². The summed E-state index contributed by atoms with van der Waals surface area (Å²) in [6.45, 7) is 0. The first-order valence-corrected chi connectivity index (χ1v) is 5.92. The molecule has 0 aliphatic carbocycles. The third-order valence-corrected chi connectivity index (χ3v) is 2.91. The maximum absolute atomic E-state index is 13.0. The number of carboxylic acids is 1. The van der Waals surface area contributed by atoms with E-state index in [-0.39, 0.29) is 17.1 Å². The number of carbonyl (C=O) groups is 1. The zero-order valence-corrected chi connectivity index (χ0v) is 10.9. The predicted molar refractivity (Wildman–Crippen MR) is 67.5 cm³/mol. The first-order valence-electron chi connectivity index (χ1n) is 5.13. The number of hydrogen-bond donors (Lipinski definition) is 1. The molecule has 6 heteroatoms. The molecule has 0 saturated heterocycles. The third kappa shape index (κ3) is 3.08. The second-order valence-corrected chi connectivity index (χ2v) is 4.48. The average molecular weight is 329 g/mol. The fourth-order valence-electron chi connectivity index (χ4n) is 1.43. The minimum absolute atomic E-state index is 0.0267. The first-order chi connectivity index (χ1) is 8.97. The second kappa shape index (κ2) is 5.36. The fraction of sp³-hybridized carbons (Fsp3) is 0. The van der Waals surface area contributed by atoms with Gasteiger partial charge in [-0.2, -0.15) is 0 Å². The summed E-state index contributed by atoms with van der Waals surface area (Å²) in [5, 5.41) is 8.96. The third-order valence-electron chi connectivity index (χ3n) is 2.29. The molecule has 2 aromatic rings. The van der Waals surface area contributed by atoms with Gasteiger partial charge in [0.25, 0.3) is 0 Å². The molecular formula is C13H7BrF2O3. The number of benzene rings is 2. The predicted octanol–water partition coefficient (Wildman–Crippen LogP) is 4.22. The van der Waals surface area contributed by atoms with Crippen molar-refractivity contribution in [3.05, 3.63) is 58.1 Å². The Kier molecular flexibility index (Phi) is 3.80. The molecule has 0 spiro atoms. The topological polar surface area (TPSA) is 46.5 Å². The van der Waals surface area contributed by atoms with Crippen LogP contribution in [0.5, 0.6) is 11.5 Å². The Bertz CT molecular complexity index is 644. The van der Waals surface area contributed by atoms with E-state index in [1.807, 2.05) is 0 Å². The van der Waals surface area contributed by atoms with Crippen LogP contribution in [0, 0.1) is 11.6 Å². The van der Waals surface area contributed by atoms with E-state index in [1.165, 1.54) is 24.3 Å². The number of hydrogen-bond acceptors (Lipinski definition) is 2. The molecule has 19 heavy (non-hydrogen) atoms. The molecule has 2 rings (SSSR count). The highest BCUT2D eigenvalue weighted by Crippen LogP contribution is 2.32. The summed E-state index contributed by atoms with van der Waals surface area (Å²) < 4.78 is 31.6. The van der Waals surface area contributed by atoms with Crippen molar-refractivity contribution in [2.75, 3.05) is 0 Å². The van der Waals surface area contributed by atoms with Gasteiger partial charge in [-0.25, -0.2) is 13.6 Å². The van der Waals surface area contributed by atoms with Crippen molar-refractivity contribution in [3.8, 4) is 11.5 Å². The van der Waals surface area contributed by atoms with Gasteiger partial charge in [-0.3, -0.25) is 0 Å². The molecule has 3 nitrogen and oxygen atoms in total. The number of carboxylic acid groups (broad SMARTS) is 1. The molecule has 0 fully saturated rings. The summed E-state index contributed by atoms with van der Waals surface area (Å²) in [7, 11) is 0. The molecule has 2 aromatic carbocycles. The zero-order valence-electron chi connectivity index (χ0n) is 9.36. The highest BCUT2D eigenvalue weighted by molar-refractivity contribution is 9.10. The Morgan fingerprint density at radius 1 is 1.05 bits per heavy atom. The molecule has 0 saturated carbocycles. The Labute approximate surface area is 115 Å². The van der Waals surface area contributed by atoms with Crippen LogP contribution in [-0.2, 0) is 0 Å². The fourth-order valence-corrected chi connectivity index (χ4v) is 1.87. The van der Waals surface area contributed by atoms with Crippen molar-refractivity contribution < 1.29 is 23.4 Å². The van der Waals surface area contributed by atoms with E-state index in [9.17, 15) is 13.6 Å². The van der Waals surface area contributed by atoms with Crippen LogP contribution in [0.3, 0.4) is 0 Å². The number of rotatable bonds is 3. The minimum Gasteiger partial charge on any atom is -0.478 e. The van der Waals surface area contributed by atoms with Gasteiger partial charge in [-0.05, 0) is 52.3 Å². The van der Waals surface area contributed by atoms with Crippen LogP contribution in [0.15, 0.2) is 40.9 Å². The van der Waals surface area contributed by atoms with Gasteiger partial charge < -0.3 is 9.84 Å². The monoisotopic (exact) mass is 328 g/mol. The van der Waals surface area contributed by atoms with Crippen molar-refractivity contribution >= 4 is 21.9 Å². The van der Waals surface area contributed by atoms with Crippen LogP contribution in [0.25, 0.3) is 0 Å². The van der Waals surface area contributed by atoms with Crippen LogP contribution in [0.4, 0.5) is 8.78 Å². The summed E-state index contributed by atoms with van der Waals surface area (Å²) in [6.07, 6.45) is 0. The minimum atomic E-state index is -1.31. The van der Waals surface area contributed by atoms with Gasteiger partial charge in [0.05, 0.1) is 4.47 Å². The zero-order chi connectivity index (χ0) is 14.0. The van der Waals surface area contributed by atoms with Gasteiger partial charge in [0, 0.05) is 0 Å². The van der Waals surface area contributed by atoms with Crippen molar-refractivity contribution in [1.82, 2.24) is 0 Å². The maximum Gasteiger partial charge on any atom is 0.339 e. The largest absolute Gasteiger partial charge is 0.478 e. The summed E-state index contributed by atoms with van der Waals surface area (Å²) >= 11 is 3.09. The van der Waals surface area contributed by atoms with Crippen molar-refractivity contribution in [3.63, 3.8) is 0 Å². The Hall–Kier alpha value is -1.95. The molecule has 1 N–H and O–H groups in total. The van der Waals surface area contributed by atoms with Crippen LogP contribution in [0.1, 0.15) is 10.4 Å². The molecule has 0 bridgehead atoms.